The average Bonchev–Trinajstić information content (AvgIpc) is 3.26. The molecule has 0 aliphatic carbocycles. The number of halogens is 4. The lowest BCUT2D eigenvalue weighted by atomic mass is 10.0. The van der Waals surface area contributed by atoms with Gasteiger partial charge in [0.05, 0.1) is 22.4 Å². The lowest BCUT2D eigenvalue weighted by Crippen LogP contribution is -2.19. The van der Waals surface area contributed by atoms with Crippen molar-refractivity contribution < 1.29 is 27.5 Å². The van der Waals surface area contributed by atoms with Gasteiger partial charge in [-0.05, 0) is 50.2 Å². The van der Waals surface area contributed by atoms with Gasteiger partial charge in [0.15, 0.2) is 11.6 Å². The molecule has 3 heterocycles. The Kier molecular flexibility index (Phi) is 6.35. The van der Waals surface area contributed by atoms with E-state index < -0.39 is 40.2 Å². The Balaban J connectivity index is 1.64. The molecule has 1 amide bonds. The van der Waals surface area contributed by atoms with Crippen LogP contribution in [0.2, 0.25) is 0 Å². The number of hydrogen-bond donors (Lipinski definition) is 2. The summed E-state index contributed by atoms with van der Waals surface area (Å²) in [6.45, 7) is 3.16. The Morgan fingerprint density at radius 1 is 0.974 bits per heavy atom. The number of aromatic nitrogens is 5. The van der Waals surface area contributed by atoms with Crippen molar-refractivity contribution in [3.05, 3.63) is 95.7 Å². The number of benzene rings is 2. The maximum atomic E-state index is 15.0. The van der Waals surface area contributed by atoms with Crippen LogP contribution in [0.3, 0.4) is 0 Å². The minimum absolute atomic E-state index is 0.0558. The van der Waals surface area contributed by atoms with Crippen molar-refractivity contribution in [1.82, 2.24) is 24.7 Å². The first-order chi connectivity index (χ1) is 18.4. The van der Waals surface area contributed by atoms with Gasteiger partial charge in [0.25, 0.3) is 5.91 Å². The van der Waals surface area contributed by atoms with Gasteiger partial charge in [0.1, 0.15) is 16.9 Å². The minimum Gasteiger partial charge on any atom is -0.386 e. The summed E-state index contributed by atoms with van der Waals surface area (Å²) in [5.41, 5.74) is -2.21. The molecule has 2 aromatic carbocycles. The van der Waals surface area contributed by atoms with Gasteiger partial charge in [-0.1, -0.05) is 18.2 Å². The molecule has 0 aliphatic heterocycles. The molecule has 0 aliphatic rings. The molecule has 198 valence electrons. The number of fused-ring (bicyclic) bond motifs is 1. The van der Waals surface area contributed by atoms with Gasteiger partial charge in [-0.15, -0.1) is 0 Å². The number of amides is 1. The fraction of sp³-hybridized carbons (Fsp3) is 0.148. The number of carbonyl (C=O) groups is 1. The maximum absolute atomic E-state index is 15.0. The quantitative estimate of drug-likeness (QED) is 0.287. The molecule has 0 saturated heterocycles. The summed E-state index contributed by atoms with van der Waals surface area (Å²) in [5, 5.41) is 17.5. The van der Waals surface area contributed by atoms with Crippen LogP contribution in [0, 0.1) is 5.82 Å². The fourth-order valence-electron chi connectivity index (χ4n) is 3.95. The van der Waals surface area contributed by atoms with Crippen LogP contribution in [0.25, 0.3) is 28.1 Å². The molecule has 3 aromatic heterocycles. The van der Waals surface area contributed by atoms with Crippen LogP contribution in [0.15, 0.2) is 73.2 Å². The normalized spacial score (nSPS) is 12.1. The maximum Gasteiger partial charge on any atom is 0.417 e. The molecule has 0 spiro atoms. The van der Waals surface area contributed by atoms with Crippen molar-refractivity contribution in [3.63, 3.8) is 0 Å². The average molecular weight is 536 g/mol. The molecule has 0 radical (unpaired) electrons. The Hall–Kier alpha value is -4.71. The van der Waals surface area contributed by atoms with E-state index in [9.17, 15) is 23.1 Å². The lowest BCUT2D eigenvalue weighted by Gasteiger charge is -2.16. The van der Waals surface area contributed by atoms with Gasteiger partial charge >= 0.3 is 6.18 Å². The second-order valence-corrected chi connectivity index (χ2v) is 9.15. The first-order valence-electron chi connectivity index (χ1n) is 11.6. The SMILES string of the molecule is CC(C)(O)c1cnc2c(NC(=O)c3cc(-c4ncccn4)c(C(F)(F)F)cc3F)n(-c3ccccc3)nc2c1. The van der Waals surface area contributed by atoms with E-state index >= 15 is 4.39 Å². The second-order valence-electron chi connectivity index (χ2n) is 9.15. The zero-order chi connectivity index (χ0) is 27.9. The number of aliphatic hydroxyl groups is 1. The topological polar surface area (TPSA) is 106 Å². The Bertz CT molecular complexity index is 1680. The summed E-state index contributed by atoms with van der Waals surface area (Å²) in [6, 6.07) is 12.7. The van der Waals surface area contributed by atoms with E-state index in [-0.39, 0.29) is 23.2 Å². The van der Waals surface area contributed by atoms with Crippen LogP contribution in [0.4, 0.5) is 23.4 Å². The van der Waals surface area contributed by atoms with Crippen LogP contribution in [0.5, 0.6) is 0 Å². The predicted octanol–water partition coefficient (Wildman–Crippen LogP) is 5.52. The smallest absolute Gasteiger partial charge is 0.386 e. The fourth-order valence-corrected chi connectivity index (χ4v) is 3.95. The number of anilines is 1. The summed E-state index contributed by atoms with van der Waals surface area (Å²) in [5.74, 6) is -2.68. The third-order valence-corrected chi connectivity index (χ3v) is 5.91. The van der Waals surface area contributed by atoms with E-state index in [1.54, 1.807) is 50.2 Å². The zero-order valence-corrected chi connectivity index (χ0v) is 20.5. The first kappa shape index (κ1) is 25.9. The molecule has 5 rings (SSSR count). The zero-order valence-electron chi connectivity index (χ0n) is 20.5. The van der Waals surface area contributed by atoms with Crippen LogP contribution < -0.4 is 5.32 Å². The molecule has 0 unspecified atom stereocenters. The standard InChI is InChI=1S/C27H20F4N6O2/c1-26(2,39)15-11-21-22(34-14-15)24(37(36-21)16-7-4-3-5-8-16)35-25(38)18-12-17(23-32-9-6-10-33-23)19(13-20(18)28)27(29,30)31/h3-14,39H,1-2H3,(H,35,38). The predicted molar refractivity (Wildman–Crippen MR) is 134 cm³/mol. The first-order valence-corrected chi connectivity index (χ1v) is 11.6. The van der Waals surface area contributed by atoms with Gasteiger partial charge in [-0.3, -0.25) is 9.78 Å². The summed E-state index contributed by atoms with van der Waals surface area (Å²) in [7, 11) is 0. The van der Waals surface area contributed by atoms with Crippen molar-refractivity contribution in [2.24, 2.45) is 0 Å². The molecule has 0 atom stereocenters. The summed E-state index contributed by atoms with van der Waals surface area (Å²) in [6.07, 6.45) is -1.03. The van der Waals surface area contributed by atoms with Crippen molar-refractivity contribution >= 4 is 22.8 Å². The Labute approximate surface area is 219 Å². The number of carbonyl (C=O) groups excluding carboxylic acids is 1. The second kappa shape index (κ2) is 9.55. The highest BCUT2D eigenvalue weighted by molar-refractivity contribution is 6.08. The van der Waals surface area contributed by atoms with Gasteiger partial charge in [0, 0.05) is 29.7 Å². The van der Waals surface area contributed by atoms with Crippen LogP contribution in [-0.4, -0.2) is 35.7 Å². The van der Waals surface area contributed by atoms with Gasteiger partial charge in [-0.2, -0.15) is 18.3 Å². The van der Waals surface area contributed by atoms with Crippen LogP contribution >= 0.6 is 0 Å². The van der Waals surface area contributed by atoms with Gasteiger partial charge in [0.2, 0.25) is 0 Å². The summed E-state index contributed by atoms with van der Waals surface area (Å²) in [4.78, 5) is 25.4. The van der Waals surface area contributed by atoms with E-state index in [0.717, 1.165) is 6.07 Å². The Morgan fingerprint density at radius 2 is 1.67 bits per heavy atom. The number of rotatable bonds is 5. The molecule has 0 bridgehead atoms. The van der Waals surface area contributed by atoms with Gasteiger partial charge < -0.3 is 10.4 Å². The third kappa shape index (κ3) is 5.06. The number of pyridine rings is 1. The number of alkyl halides is 3. The number of nitrogens with zero attached hydrogens (tertiary/aromatic N) is 5. The van der Waals surface area contributed by atoms with Gasteiger partial charge in [-0.25, -0.2) is 19.0 Å². The third-order valence-electron chi connectivity index (χ3n) is 5.91. The molecule has 0 saturated carbocycles. The summed E-state index contributed by atoms with van der Waals surface area (Å²) >= 11 is 0. The van der Waals surface area contributed by atoms with E-state index in [4.69, 9.17) is 0 Å². The number of para-hydroxylation sites is 1. The van der Waals surface area contributed by atoms with E-state index in [1.165, 1.54) is 29.3 Å². The van der Waals surface area contributed by atoms with Crippen LogP contribution in [-0.2, 0) is 11.8 Å². The molecule has 0 fully saturated rings. The lowest BCUT2D eigenvalue weighted by molar-refractivity contribution is -0.137. The van der Waals surface area contributed by atoms with Crippen molar-refractivity contribution in [2.75, 3.05) is 5.32 Å². The molecule has 39 heavy (non-hydrogen) atoms. The summed E-state index contributed by atoms with van der Waals surface area (Å²) < 4.78 is 57.5. The molecular weight excluding hydrogens is 516 g/mol. The van der Waals surface area contributed by atoms with Crippen LogP contribution in [0.1, 0.15) is 35.3 Å². The molecule has 8 nitrogen and oxygen atoms in total. The van der Waals surface area contributed by atoms with E-state index in [2.05, 4.69) is 25.4 Å². The largest absolute Gasteiger partial charge is 0.417 e. The van der Waals surface area contributed by atoms with Crippen molar-refractivity contribution in [2.45, 2.75) is 25.6 Å². The molecule has 5 aromatic rings. The molecule has 2 N–H and O–H groups in total. The molecule has 12 heteroatoms. The Morgan fingerprint density at radius 3 is 2.31 bits per heavy atom. The monoisotopic (exact) mass is 536 g/mol. The van der Waals surface area contributed by atoms with E-state index in [0.29, 0.717) is 16.8 Å². The highest BCUT2D eigenvalue weighted by Crippen LogP contribution is 2.38. The number of hydrogen-bond acceptors (Lipinski definition) is 6. The highest BCUT2D eigenvalue weighted by Gasteiger charge is 2.36. The minimum atomic E-state index is -4.92. The molecular formula is C27H20F4N6O2. The highest BCUT2D eigenvalue weighted by atomic mass is 19.4. The number of nitrogens with one attached hydrogen (secondary N) is 1. The van der Waals surface area contributed by atoms with Crippen molar-refractivity contribution in [1.29, 1.82) is 0 Å². The van der Waals surface area contributed by atoms with Crippen molar-refractivity contribution in [3.8, 4) is 17.1 Å². The van der Waals surface area contributed by atoms with E-state index in [1.807, 2.05) is 0 Å².